The number of hydrogen-bond acceptors (Lipinski definition) is 5. The van der Waals surface area contributed by atoms with E-state index in [2.05, 4.69) is 4.90 Å². The zero-order valence-electron chi connectivity index (χ0n) is 18.0. The van der Waals surface area contributed by atoms with Gasteiger partial charge in [0.2, 0.25) is 0 Å². The van der Waals surface area contributed by atoms with Gasteiger partial charge in [0.05, 0.1) is 17.2 Å². The second-order valence-corrected chi connectivity index (χ2v) is 8.46. The van der Waals surface area contributed by atoms with E-state index in [0.717, 1.165) is 25.2 Å². The number of nitrogens with two attached hydrogens (primary N) is 1. The number of carbonyl (C=O) groups is 2. The Balaban J connectivity index is 1.80. The van der Waals surface area contributed by atoms with Gasteiger partial charge < -0.3 is 25.0 Å². The van der Waals surface area contributed by atoms with Crippen LogP contribution in [-0.4, -0.2) is 61.5 Å². The maximum atomic E-state index is 13.4. The fraction of sp³-hybridized carbons (Fsp3) is 0.391. The number of halogens is 2. The van der Waals surface area contributed by atoms with E-state index in [1.54, 1.807) is 35.2 Å². The summed E-state index contributed by atoms with van der Waals surface area (Å²) in [4.78, 5) is 28.6. The number of likely N-dealkylation sites (tertiary alicyclic amines) is 1. The number of methoxy groups -OCH3 is 1. The Bertz CT molecular complexity index is 964. The van der Waals surface area contributed by atoms with E-state index >= 15 is 0 Å². The Labute approximate surface area is 198 Å². The molecule has 2 amide bonds. The predicted octanol–water partition coefficient (Wildman–Crippen LogP) is 3.60. The summed E-state index contributed by atoms with van der Waals surface area (Å²) < 4.78 is 10.7. The molecule has 1 aliphatic heterocycles. The molecule has 0 radical (unpaired) electrons. The normalized spacial score (nSPS) is 13.7. The zero-order chi connectivity index (χ0) is 23.1. The Kier molecular flexibility index (Phi) is 8.61. The number of carbonyl (C=O) groups excluding carboxylic acids is 2. The first-order valence-corrected chi connectivity index (χ1v) is 11.2. The highest BCUT2D eigenvalue weighted by Crippen LogP contribution is 2.29. The van der Waals surface area contributed by atoms with Crippen LogP contribution in [0.5, 0.6) is 11.5 Å². The molecular weight excluding hydrogens is 453 g/mol. The minimum Gasteiger partial charge on any atom is -0.493 e. The van der Waals surface area contributed by atoms with E-state index in [1.807, 2.05) is 6.07 Å². The number of benzene rings is 2. The van der Waals surface area contributed by atoms with Crippen LogP contribution in [0.2, 0.25) is 10.0 Å². The standard InChI is InChI=1S/C23H27Cl2N3O4/c1-31-21-13-17(5-7-20(21)32-15-22(26)29)23(30)28(11-10-27-8-2-3-9-27)14-16-4-6-18(24)19(25)12-16/h4-7,12-13H,2-3,8-11,14-15H2,1H3,(H2,26,29). The molecular formula is C23H27Cl2N3O4. The average molecular weight is 480 g/mol. The summed E-state index contributed by atoms with van der Waals surface area (Å²) in [5.74, 6) is -0.0426. The lowest BCUT2D eigenvalue weighted by molar-refractivity contribution is -0.119. The fourth-order valence-electron chi connectivity index (χ4n) is 3.63. The van der Waals surface area contributed by atoms with E-state index in [9.17, 15) is 9.59 Å². The van der Waals surface area contributed by atoms with Crippen LogP contribution in [0.1, 0.15) is 28.8 Å². The molecule has 3 rings (SSSR count). The van der Waals surface area contributed by atoms with Gasteiger partial charge in [-0.25, -0.2) is 0 Å². The lowest BCUT2D eigenvalue weighted by atomic mass is 10.1. The second-order valence-electron chi connectivity index (χ2n) is 7.64. The van der Waals surface area contributed by atoms with Crippen LogP contribution >= 0.6 is 23.2 Å². The van der Waals surface area contributed by atoms with Crippen molar-refractivity contribution in [2.45, 2.75) is 19.4 Å². The van der Waals surface area contributed by atoms with E-state index in [0.29, 0.717) is 40.2 Å². The van der Waals surface area contributed by atoms with Gasteiger partial charge in [0, 0.05) is 25.2 Å². The molecule has 0 bridgehead atoms. The number of amides is 2. The van der Waals surface area contributed by atoms with Gasteiger partial charge >= 0.3 is 0 Å². The summed E-state index contributed by atoms with van der Waals surface area (Å²) in [6.45, 7) is 3.59. The van der Waals surface area contributed by atoms with Gasteiger partial charge in [-0.05, 0) is 61.8 Å². The Morgan fingerprint density at radius 2 is 1.81 bits per heavy atom. The van der Waals surface area contributed by atoms with Crippen molar-refractivity contribution >= 4 is 35.0 Å². The van der Waals surface area contributed by atoms with Crippen molar-refractivity contribution in [3.05, 3.63) is 57.6 Å². The van der Waals surface area contributed by atoms with Gasteiger partial charge in [0.1, 0.15) is 0 Å². The highest BCUT2D eigenvalue weighted by atomic mass is 35.5. The van der Waals surface area contributed by atoms with E-state index in [1.165, 1.54) is 20.0 Å². The molecule has 0 unspecified atom stereocenters. The van der Waals surface area contributed by atoms with Crippen molar-refractivity contribution in [2.75, 3.05) is 39.9 Å². The van der Waals surface area contributed by atoms with Gasteiger partial charge in [-0.3, -0.25) is 9.59 Å². The van der Waals surface area contributed by atoms with Gasteiger partial charge in [-0.2, -0.15) is 0 Å². The van der Waals surface area contributed by atoms with Gasteiger partial charge in [0.25, 0.3) is 11.8 Å². The third-order valence-electron chi connectivity index (χ3n) is 5.31. The molecule has 9 heteroatoms. The summed E-state index contributed by atoms with van der Waals surface area (Å²) in [5, 5.41) is 0.926. The van der Waals surface area contributed by atoms with Crippen LogP contribution < -0.4 is 15.2 Å². The zero-order valence-corrected chi connectivity index (χ0v) is 19.5. The molecule has 172 valence electrons. The summed E-state index contributed by atoms with van der Waals surface area (Å²) >= 11 is 12.2. The molecule has 0 saturated carbocycles. The van der Waals surface area contributed by atoms with Crippen molar-refractivity contribution in [1.82, 2.24) is 9.80 Å². The molecule has 2 N–H and O–H groups in total. The smallest absolute Gasteiger partial charge is 0.255 e. The third kappa shape index (κ3) is 6.51. The van der Waals surface area contributed by atoms with Crippen molar-refractivity contribution in [2.24, 2.45) is 5.73 Å². The molecule has 0 spiro atoms. The highest BCUT2D eigenvalue weighted by Gasteiger charge is 2.21. The van der Waals surface area contributed by atoms with E-state index < -0.39 is 5.91 Å². The topological polar surface area (TPSA) is 85.1 Å². The van der Waals surface area contributed by atoms with E-state index in [-0.39, 0.29) is 12.5 Å². The van der Waals surface area contributed by atoms with E-state index in [4.69, 9.17) is 38.4 Å². The summed E-state index contributed by atoms with van der Waals surface area (Å²) in [6.07, 6.45) is 2.37. The molecule has 1 aliphatic rings. The highest BCUT2D eigenvalue weighted by molar-refractivity contribution is 6.42. The van der Waals surface area contributed by atoms with Crippen LogP contribution in [0.25, 0.3) is 0 Å². The van der Waals surface area contributed by atoms with Crippen LogP contribution in [0.4, 0.5) is 0 Å². The van der Waals surface area contributed by atoms with Crippen molar-refractivity contribution in [1.29, 1.82) is 0 Å². The molecule has 1 heterocycles. The first kappa shape index (κ1) is 24.2. The number of ether oxygens (including phenoxy) is 2. The SMILES string of the molecule is COc1cc(C(=O)N(CCN2CCCC2)Cc2ccc(Cl)c(Cl)c2)ccc1OCC(N)=O. The summed E-state index contributed by atoms with van der Waals surface area (Å²) in [7, 11) is 1.47. The molecule has 32 heavy (non-hydrogen) atoms. The molecule has 2 aromatic carbocycles. The quantitative estimate of drug-likeness (QED) is 0.562. The second kappa shape index (κ2) is 11.4. The Morgan fingerprint density at radius 3 is 2.47 bits per heavy atom. The van der Waals surface area contributed by atoms with Gasteiger partial charge in [-0.15, -0.1) is 0 Å². The Morgan fingerprint density at radius 1 is 1.06 bits per heavy atom. The monoisotopic (exact) mass is 479 g/mol. The fourth-order valence-corrected chi connectivity index (χ4v) is 3.95. The van der Waals surface area contributed by atoms with Crippen molar-refractivity contribution in [3.63, 3.8) is 0 Å². The number of hydrogen-bond donors (Lipinski definition) is 1. The summed E-state index contributed by atoms with van der Waals surface area (Å²) in [6, 6.07) is 10.2. The molecule has 0 atom stereocenters. The Hall–Kier alpha value is -2.48. The maximum absolute atomic E-state index is 13.4. The third-order valence-corrected chi connectivity index (χ3v) is 6.05. The lowest BCUT2D eigenvalue weighted by Gasteiger charge is -2.26. The summed E-state index contributed by atoms with van der Waals surface area (Å²) in [5.41, 5.74) is 6.49. The minimum atomic E-state index is -0.595. The molecule has 0 aliphatic carbocycles. The van der Waals surface area contributed by atoms with Crippen LogP contribution in [0, 0.1) is 0 Å². The number of nitrogens with zero attached hydrogens (tertiary/aromatic N) is 2. The lowest BCUT2D eigenvalue weighted by Crippen LogP contribution is -2.37. The largest absolute Gasteiger partial charge is 0.493 e. The minimum absolute atomic E-state index is 0.143. The first-order chi connectivity index (χ1) is 15.4. The van der Waals surface area contributed by atoms with Crippen molar-refractivity contribution in [3.8, 4) is 11.5 Å². The first-order valence-electron chi connectivity index (χ1n) is 10.4. The van der Waals surface area contributed by atoms with Gasteiger partial charge in [0.15, 0.2) is 18.1 Å². The molecule has 1 saturated heterocycles. The molecule has 7 nitrogen and oxygen atoms in total. The van der Waals surface area contributed by atoms with Crippen LogP contribution in [0.3, 0.4) is 0 Å². The van der Waals surface area contributed by atoms with Crippen LogP contribution in [-0.2, 0) is 11.3 Å². The number of rotatable bonds is 10. The average Bonchev–Trinajstić information content (AvgIpc) is 3.30. The molecule has 2 aromatic rings. The van der Waals surface area contributed by atoms with Crippen molar-refractivity contribution < 1.29 is 19.1 Å². The van der Waals surface area contributed by atoms with Gasteiger partial charge in [-0.1, -0.05) is 29.3 Å². The molecule has 0 aromatic heterocycles. The maximum Gasteiger partial charge on any atom is 0.255 e. The van der Waals surface area contributed by atoms with Crippen LogP contribution in [0.15, 0.2) is 36.4 Å². The molecule has 1 fully saturated rings. The number of primary amides is 1. The predicted molar refractivity (Wildman–Crippen MR) is 125 cm³/mol.